The van der Waals surface area contributed by atoms with Gasteiger partial charge in [0, 0.05) is 11.7 Å². The number of nitrogens with one attached hydrogen (secondary N) is 3. The lowest BCUT2D eigenvalue weighted by Gasteiger charge is -2.16. The number of hydrogen-bond donors (Lipinski definition) is 3. The molecule has 0 bridgehead atoms. The molecular weight excluding hydrogens is 370 g/mol. The molecule has 0 heterocycles. The monoisotopic (exact) mass is 393 g/mol. The first-order valence-electron chi connectivity index (χ1n) is 8.07. The minimum absolute atomic E-state index is 0.167. The zero-order valence-corrected chi connectivity index (χ0v) is 16.8. The van der Waals surface area contributed by atoms with Gasteiger partial charge in [-0.2, -0.15) is 0 Å². The Morgan fingerprint density at radius 2 is 1.85 bits per heavy atom. The van der Waals surface area contributed by atoms with E-state index in [0.29, 0.717) is 27.8 Å². The second-order valence-corrected chi connectivity index (χ2v) is 8.10. The fourth-order valence-corrected chi connectivity index (χ4v) is 4.02. The van der Waals surface area contributed by atoms with Crippen LogP contribution in [0.1, 0.15) is 19.4 Å². The van der Waals surface area contributed by atoms with Gasteiger partial charge in [-0.05, 0) is 62.8 Å². The molecule has 3 N–H and O–H groups in total. The van der Waals surface area contributed by atoms with Crippen LogP contribution in [0.4, 0.5) is 11.4 Å². The van der Waals surface area contributed by atoms with Crippen LogP contribution >= 0.6 is 12.2 Å². The first kappa shape index (κ1) is 20.0. The van der Waals surface area contributed by atoms with Gasteiger partial charge < -0.3 is 15.4 Å². The lowest BCUT2D eigenvalue weighted by Crippen LogP contribution is -2.33. The molecule has 6 nitrogen and oxygen atoms in total. The summed E-state index contributed by atoms with van der Waals surface area (Å²) in [5.41, 5.74) is 1.60. The van der Waals surface area contributed by atoms with E-state index >= 15 is 0 Å². The number of sulfonamides is 1. The molecule has 0 fully saturated rings. The molecule has 0 aliphatic carbocycles. The highest BCUT2D eigenvalue weighted by atomic mass is 32.2. The standard InChI is InChI=1S/C18H23N3O3S2/c1-12(2)19-18(25)20-14-10-9-13(3)17(11-14)26(22,23)21-15-7-5-6-8-16(15)24-4/h5-12,21H,1-4H3,(H2,19,20,25). The molecule has 2 aromatic rings. The van der Waals surface area contributed by atoms with Crippen LogP contribution < -0.4 is 20.1 Å². The molecule has 0 aromatic heterocycles. The highest BCUT2D eigenvalue weighted by Gasteiger charge is 2.19. The third-order valence-electron chi connectivity index (χ3n) is 3.51. The first-order chi connectivity index (χ1) is 12.2. The molecule has 0 unspecified atom stereocenters. The molecule has 26 heavy (non-hydrogen) atoms. The Labute approximate surface area is 160 Å². The van der Waals surface area contributed by atoms with Crippen LogP contribution in [0, 0.1) is 6.92 Å². The van der Waals surface area contributed by atoms with E-state index in [-0.39, 0.29) is 10.9 Å². The van der Waals surface area contributed by atoms with E-state index in [4.69, 9.17) is 17.0 Å². The molecule has 140 valence electrons. The summed E-state index contributed by atoms with van der Waals surface area (Å²) in [5, 5.41) is 6.50. The summed E-state index contributed by atoms with van der Waals surface area (Å²) in [6.45, 7) is 5.68. The number of ether oxygens (including phenoxy) is 1. The summed E-state index contributed by atoms with van der Waals surface area (Å²) in [7, 11) is -2.30. The number of hydrogen-bond acceptors (Lipinski definition) is 4. The van der Waals surface area contributed by atoms with Crippen molar-refractivity contribution in [3.05, 3.63) is 48.0 Å². The van der Waals surface area contributed by atoms with E-state index in [9.17, 15) is 8.42 Å². The summed E-state index contributed by atoms with van der Waals surface area (Å²) >= 11 is 5.22. The van der Waals surface area contributed by atoms with Gasteiger partial charge in [0.1, 0.15) is 5.75 Å². The predicted octanol–water partition coefficient (Wildman–Crippen LogP) is 3.50. The molecule has 0 aliphatic rings. The van der Waals surface area contributed by atoms with Crippen LogP contribution in [0.5, 0.6) is 5.75 Å². The average molecular weight is 394 g/mol. The summed E-state index contributed by atoms with van der Waals surface area (Å²) in [6.07, 6.45) is 0. The van der Waals surface area contributed by atoms with Gasteiger partial charge in [0.05, 0.1) is 17.7 Å². The van der Waals surface area contributed by atoms with Crippen molar-refractivity contribution < 1.29 is 13.2 Å². The molecule has 0 saturated carbocycles. The minimum Gasteiger partial charge on any atom is -0.495 e. The maximum atomic E-state index is 12.9. The Hall–Kier alpha value is -2.32. The van der Waals surface area contributed by atoms with Crippen molar-refractivity contribution in [2.24, 2.45) is 0 Å². The summed E-state index contributed by atoms with van der Waals surface area (Å²) < 4.78 is 33.5. The van der Waals surface area contributed by atoms with E-state index in [1.165, 1.54) is 7.11 Å². The van der Waals surface area contributed by atoms with Gasteiger partial charge in [-0.25, -0.2) is 8.42 Å². The quantitative estimate of drug-likeness (QED) is 0.652. The molecule has 2 rings (SSSR count). The van der Waals surface area contributed by atoms with Gasteiger partial charge in [0.2, 0.25) is 0 Å². The van der Waals surface area contributed by atoms with Gasteiger partial charge in [-0.1, -0.05) is 18.2 Å². The highest BCUT2D eigenvalue weighted by Crippen LogP contribution is 2.28. The zero-order chi connectivity index (χ0) is 19.3. The second kappa shape index (κ2) is 8.37. The lowest BCUT2D eigenvalue weighted by molar-refractivity contribution is 0.417. The number of aryl methyl sites for hydroxylation is 1. The minimum atomic E-state index is -3.79. The summed E-state index contributed by atoms with van der Waals surface area (Å²) in [6, 6.07) is 12.1. The molecule has 0 amide bonds. The Balaban J connectivity index is 2.31. The Morgan fingerprint density at radius 1 is 1.15 bits per heavy atom. The molecule has 0 saturated heterocycles. The van der Waals surface area contributed by atoms with E-state index in [0.717, 1.165) is 0 Å². The van der Waals surface area contributed by atoms with Crippen LogP contribution in [-0.4, -0.2) is 26.7 Å². The maximum Gasteiger partial charge on any atom is 0.262 e. The maximum absolute atomic E-state index is 12.9. The van der Waals surface area contributed by atoms with Crippen molar-refractivity contribution in [3.63, 3.8) is 0 Å². The summed E-state index contributed by atoms with van der Waals surface area (Å²) in [5.74, 6) is 0.449. The van der Waals surface area contributed by atoms with E-state index in [1.807, 2.05) is 13.8 Å². The Bertz CT molecular complexity index is 896. The van der Waals surface area contributed by atoms with Crippen molar-refractivity contribution >= 4 is 38.7 Å². The fourth-order valence-electron chi connectivity index (χ4n) is 2.33. The molecule has 0 radical (unpaired) electrons. The smallest absolute Gasteiger partial charge is 0.262 e. The van der Waals surface area contributed by atoms with Crippen LogP contribution in [0.15, 0.2) is 47.4 Å². The molecule has 0 spiro atoms. The molecular formula is C18H23N3O3S2. The van der Waals surface area contributed by atoms with Crippen molar-refractivity contribution in [1.82, 2.24) is 5.32 Å². The molecule has 8 heteroatoms. The van der Waals surface area contributed by atoms with Gasteiger partial charge in [0.25, 0.3) is 10.0 Å². The van der Waals surface area contributed by atoms with Gasteiger partial charge in [-0.3, -0.25) is 4.72 Å². The van der Waals surface area contributed by atoms with Gasteiger partial charge in [0.15, 0.2) is 5.11 Å². The average Bonchev–Trinajstić information content (AvgIpc) is 2.56. The lowest BCUT2D eigenvalue weighted by atomic mass is 10.2. The highest BCUT2D eigenvalue weighted by molar-refractivity contribution is 7.92. The summed E-state index contributed by atoms with van der Waals surface area (Å²) in [4.78, 5) is 0.167. The number of thiocarbonyl (C=S) groups is 1. The SMILES string of the molecule is COc1ccccc1NS(=O)(=O)c1cc(NC(=S)NC(C)C)ccc1C. The van der Waals surface area contributed by atoms with Crippen molar-refractivity contribution in [2.45, 2.75) is 31.7 Å². The molecule has 0 atom stereocenters. The van der Waals surface area contributed by atoms with E-state index < -0.39 is 10.0 Å². The third-order valence-corrected chi connectivity index (χ3v) is 5.23. The molecule has 0 aliphatic heterocycles. The van der Waals surface area contributed by atoms with Crippen molar-refractivity contribution in [1.29, 1.82) is 0 Å². The number of benzene rings is 2. The van der Waals surface area contributed by atoms with Gasteiger partial charge in [-0.15, -0.1) is 0 Å². The van der Waals surface area contributed by atoms with Crippen LogP contribution in [0.25, 0.3) is 0 Å². The third kappa shape index (κ3) is 5.09. The van der Waals surface area contributed by atoms with E-state index in [2.05, 4.69) is 15.4 Å². The second-order valence-electron chi connectivity index (χ2n) is 6.04. The van der Waals surface area contributed by atoms with Crippen LogP contribution in [0.3, 0.4) is 0 Å². The Kier molecular flexibility index (Phi) is 6.44. The van der Waals surface area contributed by atoms with E-state index in [1.54, 1.807) is 49.4 Å². The number of para-hydroxylation sites is 2. The van der Waals surface area contributed by atoms with Crippen LogP contribution in [-0.2, 0) is 10.0 Å². The van der Waals surface area contributed by atoms with Gasteiger partial charge >= 0.3 is 0 Å². The Morgan fingerprint density at radius 3 is 2.50 bits per heavy atom. The fraction of sp³-hybridized carbons (Fsp3) is 0.278. The zero-order valence-electron chi connectivity index (χ0n) is 15.2. The number of anilines is 2. The van der Waals surface area contributed by atoms with Crippen molar-refractivity contribution in [3.8, 4) is 5.75 Å². The number of rotatable bonds is 6. The largest absolute Gasteiger partial charge is 0.495 e. The molecule has 2 aromatic carbocycles. The topological polar surface area (TPSA) is 79.5 Å². The number of methoxy groups -OCH3 is 1. The normalized spacial score (nSPS) is 11.1. The first-order valence-corrected chi connectivity index (χ1v) is 9.96. The van der Waals surface area contributed by atoms with Crippen molar-refractivity contribution in [2.75, 3.05) is 17.1 Å². The van der Waals surface area contributed by atoms with Crippen LogP contribution in [0.2, 0.25) is 0 Å². The predicted molar refractivity (Wildman–Crippen MR) is 109 cm³/mol.